The molecule has 0 spiro atoms. The number of ether oxygens (including phenoxy) is 1. The fraction of sp³-hybridized carbons (Fsp3) is 0.190. The molecule has 0 saturated carbocycles. The van der Waals surface area contributed by atoms with Crippen molar-refractivity contribution in [3.05, 3.63) is 64.6 Å². The minimum absolute atomic E-state index is 0.0697. The van der Waals surface area contributed by atoms with Crippen molar-refractivity contribution < 1.29 is 9.53 Å². The van der Waals surface area contributed by atoms with Gasteiger partial charge < -0.3 is 9.30 Å². The van der Waals surface area contributed by atoms with Crippen LogP contribution in [-0.4, -0.2) is 22.1 Å². The Bertz CT molecular complexity index is 1240. The molecule has 0 atom stereocenters. The van der Waals surface area contributed by atoms with Crippen molar-refractivity contribution in [1.29, 1.82) is 0 Å². The van der Waals surface area contributed by atoms with E-state index in [9.17, 15) is 9.59 Å². The Hall–Kier alpha value is -3.19. The fourth-order valence-corrected chi connectivity index (χ4v) is 4.03. The average Bonchev–Trinajstić information content (AvgIpc) is 3.08. The monoisotopic (exact) mass is 393 g/mol. The lowest BCUT2D eigenvalue weighted by atomic mass is 10.1. The first-order chi connectivity index (χ1) is 13.5. The van der Waals surface area contributed by atoms with Gasteiger partial charge in [0.25, 0.3) is 11.5 Å². The zero-order valence-electron chi connectivity index (χ0n) is 15.6. The van der Waals surface area contributed by atoms with E-state index in [4.69, 9.17) is 4.74 Å². The molecule has 4 aromatic rings. The third-order valence-corrected chi connectivity index (χ3v) is 5.40. The standard InChI is InChI=1S/C21H19N3O3S/c1-3-24-10-9-14-15(20(24)26)5-4-6-17(14)27-12-19(25)23-21-22-16-8-7-13(2)11-18(16)28-21/h4-11H,3,12H2,1-2H3,(H,22,23,25). The van der Waals surface area contributed by atoms with Gasteiger partial charge in [0.1, 0.15) is 5.75 Å². The van der Waals surface area contributed by atoms with Crippen LogP contribution in [0.5, 0.6) is 5.75 Å². The number of aromatic nitrogens is 2. The molecule has 0 bridgehead atoms. The van der Waals surface area contributed by atoms with Crippen molar-refractivity contribution in [1.82, 2.24) is 9.55 Å². The van der Waals surface area contributed by atoms with Crippen molar-refractivity contribution in [2.24, 2.45) is 0 Å². The van der Waals surface area contributed by atoms with Gasteiger partial charge in [0.2, 0.25) is 0 Å². The second kappa shape index (κ2) is 7.44. The molecule has 4 rings (SSSR count). The van der Waals surface area contributed by atoms with Crippen LogP contribution >= 0.6 is 11.3 Å². The SMILES string of the molecule is CCn1ccc2c(OCC(=O)Nc3nc4ccc(C)cc4s3)cccc2c1=O. The van der Waals surface area contributed by atoms with Gasteiger partial charge in [-0.3, -0.25) is 14.9 Å². The Morgan fingerprint density at radius 3 is 2.89 bits per heavy atom. The summed E-state index contributed by atoms with van der Waals surface area (Å²) in [7, 11) is 0. The highest BCUT2D eigenvalue weighted by Crippen LogP contribution is 2.27. The highest BCUT2D eigenvalue weighted by Gasteiger charge is 2.11. The van der Waals surface area contributed by atoms with E-state index in [0.29, 0.717) is 28.2 Å². The number of nitrogens with one attached hydrogen (secondary N) is 1. The van der Waals surface area contributed by atoms with Gasteiger partial charge >= 0.3 is 0 Å². The first kappa shape index (κ1) is 18.2. The fourth-order valence-electron chi connectivity index (χ4n) is 3.05. The lowest BCUT2D eigenvalue weighted by Crippen LogP contribution is -2.21. The number of benzene rings is 2. The molecule has 0 saturated heterocycles. The number of hydrogen-bond donors (Lipinski definition) is 1. The third-order valence-electron chi connectivity index (χ3n) is 4.47. The first-order valence-electron chi connectivity index (χ1n) is 8.97. The summed E-state index contributed by atoms with van der Waals surface area (Å²) in [6.07, 6.45) is 1.74. The van der Waals surface area contributed by atoms with E-state index in [1.807, 2.05) is 38.1 Å². The molecule has 7 heteroatoms. The van der Waals surface area contributed by atoms with Gasteiger partial charge in [0, 0.05) is 18.1 Å². The highest BCUT2D eigenvalue weighted by molar-refractivity contribution is 7.22. The zero-order chi connectivity index (χ0) is 19.7. The maximum atomic E-state index is 12.4. The van der Waals surface area contributed by atoms with E-state index < -0.39 is 0 Å². The lowest BCUT2D eigenvalue weighted by molar-refractivity contribution is -0.118. The van der Waals surface area contributed by atoms with E-state index in [0.717, 1.165) is 15.8 Å². The molecule has 0 aliphatic rings. The number of aryl methyl sites for hydroxylation is 2. The van der Waals surface area contributed by atoms with Crippen LogP contribution < -0.4 is 15.6 Å². The van der Waals surface area contributed by atoms with Crippen LogP contribution in [0.15, 0.2) is 53.5 Å². The largest absolute Gasteiger partial charge is 0.483 e. The first-order valence-corrected chi connectivity index (χ1v) is 9.79. The summed E-state index contributed by atoms with van der Waals surface area (Å²) in [5.74, 6) is 0.211. The maximum Gasteiger partial charge on any atom is 0.264 e. The molecular formula is C21H19N3O3S. The van der Waals surface area contributed by atoms with Gasteiger partial charge in [0.15, 0.2) is 11.7 Å². The molecule has 1 N–H and O–H groups in total. The number of amides is 1. The Morgan fingerprint density at radius 2 is 2.07 bits per heavy atom. The molecule has 142 valence electrons. The number of anilines is 1. The van der Waals surface area contributed by atoms with Crippen LogP contribution in [0.2, 0.25) is 0 Å². The van der Waals surface area contributed by atoms with Gasteiger partial charge in [-0.25, -0.2) is 4.98 Å². The van der Waals surface area contributed by atoms with Crippen molar-refractivity contribution >= 4 is 43.4 Å². The normalized spacial score (nSPS) is 11.1. The molecule has 2 heterocycles. The van der Waals surface area contributed by atoms with Crippen molar-refractivity contribution in [2.75, 3.05) is 11.9 Å². The molecule has 0 fully saturated rings. The number of carbonyl (C=O) groups is 1. The maximum absolute atomic E-state index is 12.4. The lowest BCUT2D eigenvalue weighted by Gasteiger charge is -2.10. The van der Waals surface area contributed by atoms with E-state index >= 15 is 0 Å². The quantitative estimate of drug-likeness (QED) is 0.557. The summed E-state index contributed by atoms with van der Waals surface area (Å²) in [6, 6.07) is 13.1. The van der Waals surface area contributed by atoms with Crippen molar-refractivity contribution in [3.8, 4) is 5.75 Å². The molecule has 0 aliphatic carbocycles. The van der Waals surface area contributed by atoms with E-state index in [-0.39, 0.29) is 18.1 Å². The number of thiazole rings is 1. The van der Waals surface area contributed by atoms with Crippen LogP contribution in [0.3, 0.4) is 0 Å². The minimum atomic E-state index is -0.297. The van der Waals surface area contributed by atoms with Crippen LogP contribution in [0.4, 0.5) is 5.13 Å². The molecule has 2 aromatic heterocycles. The van der Waals surface area contributed by atoms with Gasteiger partial charge in [-0.2, -0.15) is 0 Å². The predicted octanol–water partition coefficient (Wildman–Crippen LogP) is 3.96. The van der Waals surface area contributed by atoms with E-state index in [1.54, 1.807) is 29.0 Å². The van der Waals surface area contributed by atoms with Gasteiger partial charge in [0.05, 0.1) is 15.6 Å². The number of nitrogens with zero attached hydrogens (tertiary/aromatic N) is 2. The summed E-state index contributed by atoms with van der Waals surface area (Å²) in [5.41, 5.74) is 1.93. The summed E-state index contributed by atoms with van der Waals surface area (Å²) in [5, 5.41) is 4.58. The second-order valence-corrected chi connectivity index (χ2v) is 7.48. The molecule has 28 heavy (non-hydrogen) atoms. The number of pyridine rings is 1. The number of hydrogen-bond acceptors (Lipinski definition) is 5. The minimum Gasteiger partial charge on any atom is -0.483 e. The van der Waals surface area contributed by atoms with Crippen LogP contribution in [0.1, 0.15) is 12.5 Å². The predicted molar refractivity (Wildman–Crippen MR) is 112 cm³/mol. The molecule has 6 nitrogen and oxygen atoms in total. The van der Waals surface area contributed by atoms with Crippen LogP contribution in [-0.2, 0) is 11.3 Å². The van der Waals surface area contributed by atoms with Crippen molar-refractivity contribution in [2.45, 2.75) is 20.4 Å². The molecular weight excluding hydrogens is 374 g/mol. The van der Waals surface area contributed by atoms with Gasteiger partial charge in [-0.05, 0) is 49.7 Å². The number of carbonyl (C=O) groups excluding carboxylic acids is 1. The average molecular weight is 393 g/mol. The molecule has 0 radical (unpaired) electrons. The number of fused-ring (bicyclic) bond motifs is 2. The summed E-state index contributed by atoms with van der Waals surface area (Å²) in [6.45, 7) is 4.38. The molecule has 2 aromatic carbocycles. The van der Waals surface area contributed by atoms with E-state index in [1.165, 1.54) is 11.3 Å². The summed E-state index contributed by atoms with van der Waals surface area (Å²) < 4.78 is 8.35. The van der Waals surface area contributed by atoms with Crippen LogP contribution in [0, 0.1) is 6.92 Å². The molecule has 0 unspecified atom stereocenters. The summed E-state index contributed by atoms with van der Waals surface area (Å²) in [4.78, 5) is 29.1. The smallest absolute Gasteiger partial charge is 0.264 e. The second-order valence-electron chi connectivity index (χ2n) is 6.45. The number of rotatable bonds is 5. The van der Waals surface area contributed by atoms with Gasteiger partial charge in [-0.15, -0.1) is 0 Å². The molecule has 1 amide bonds. The van der Waals surface area contributed by atoms with Gasteiger partial charge in [-0.1, -0.05) is 23.5 Å². The third kappa shape index (κ3) is 3.48. The van der Waals surface area contributed by atoms with Crippen molar-refractivity contribution in [3.63, 3.8) is 0 Å². The Morgan fingerprint density at radius 1 is 1.21 bits per heavy atom. The zero-order valence-corrected chi connectivity index (χ0v) is 16.4. The van der Waals surface area contributed by atoms with Crippen LogP contribution in [0.25, 0.3) is 21.0 Å². The topological polar surface area (TPSA) is 73.2 Å². The van der Waals surface area contributed by atoms with E-state index in [2.05, 4.69) is 10.3 Å². The Labute approximate surface area is 165 Å². The Balaban J connectivity index is 1.50. The Kier molecular flexibility index (Phi) is 4.83. The highest BCUT2D eigenvalue weighted by atomic mass is 32.1. The molecule has 0 aliphatic heterocycles. The summed E-state index contributed by atoms with van der Waals surface area (Å²) >= 11 is 1.43.